The summed E-state index contributed by atoms with van der Waals surface area (Å²) < 4.78 is 0. The molecule has 0 aliphatic heterocycles. The highest BCUT2D eigenvalue weighted by atomic mass is 16.2. The lowest BCUT2D eigenvalue weighted by Crippen LogP contribution is -2.40. The van der Waals surface area contributed by atoms with Crippen LogP contribution in [0.1, 0.15) is 44.0 Å². The van der Waals surface area contributed by atoms with E-state index in [4.69, 9.17) is 0 Å². The fourth-order valence-corrected chi connectivity index (χ4v) is 2.95. The van der Waals surface area contributed by atoms with Gasteiger partial charge in [0.15, 0.2) is 0 Å². The average Bonchev–Trinajstić information content (AvgIpc) is 2.69. The number of pyridine rings is 1. The summed E-state index contributed by atoms with van der Waals surface area (Å²) in [4.78, 5) is 21.2. The van der Waals surface area contributed by atoms with E-state index in [1.807, 2.05) is 55.6 Å². The molecule has 2 rings (SSSR count). The minimum Gasteiger partial charge on any atom is -0.338 e. The fraction of sp³-hybridized carbons (Fsp3) is 0.455. The van der Waals surface area contributed by atoms with Gasteiger partial charge in [-0.05, 0) is 58.0 Å². The maximum Gasteiger partial charge on any atom is 0.317 e. The van der Waals surface area contributed by atoms with E-state index < -0.39 is 0 Å². The number of carbonyl (C=O) groups is 1. The lowest BCUT2D eigenvalue weighted by Gasteiger charge is -2.28. The van der Waals surface area contributed by atoms with E-state index in [2.05, 4.69) is 36.1 Å². The third-order valence-electron chi connectivity index (χ3n) is 4.89. The predicted molar refractivity (Wildman–Crippen MR) is 111 cm³/mol. The Morgan fingerprint density at radius 3 is 2.37 bits per heavy atom. The van der Waals surface area contributed by atoms with Crippen LogP contribution in [0.25, 0.3) is 0 Å². The van der Waals surface area contributed by atoms with E-state index in [0.717, 1.165) is 30.6 Å². The second-order valence-corrected chi connectivity index (χ2v) is 7.19. The zero-order valence-electron chi connectivity index (χ0n) is 16.9. The van der Waals surface area contributed by atoms with Gasteiger partial charge in [-0.2, -0.15) is 0 Å². The number of nitrogens with one attached hydrogen (secondary N) is 1. The van der Waals surface area contributed by atoms with Crippen molar-refractivity contribution in [3.63, 3.8) is 0 Å². The van der Waals surface area contributed by atoms with Gasteiger partial charge < -0.3 is 15.1 Å². The van der Waals surface area contributed by atoms with Crippen LogP contribution < -0.4 is 5.32 Å². The van der Waals surface area contributed by atoms with Crippen LogP contribution in [0.15, 0.2) is 54.7 Å². The minimum atomic E-state index is -0.209. The SMILES string of the molecule is CC(C)N(C)CCCCNC(=O)N(C)C(c1ccccc1)c1ccccn1. The maximum atomic E-state index is 12.7. The molecule has 1 heterocycles. The zero-order chi connectivity index (χ0) is 19.6. The van der Waals surface area contributed by atoms with Crippen LogP contribution in [0.4, 0.5) is 4.79 Å². The van der Waals surface area contributed by atoms with Crippen molar-refractivity contribution in [3.05, 3.63) is 66.0 Å². The lowest BCUT2D eigenvalue weighted by atomic mass is 10.0. The number of carbonyl (C=O) groups excluding carboxylic acids is 1. The monoisotopic (exact) mass is 368 g/mol. The summed E-state index contributed by atoms with van der Waals surface area (Å²) in [5.41, 5.74) is 1.91. The summed E-state index contributed by atoms with van der Waals surface area (Å²) in [5.74, 6) is 0. The van der Waals surface area contributed by atoms with Crippen molar-refractivity contribution in [2.75, 3.05) is 27.2 Å². The first-order valence-corrected chi connectivity index (χ1v) is 9.67. The van der Waals surface area contributed by atoms with Crippen molar-refractivity contribution in [2.45, 2.75) is 38.8 Å². The van der Waals surface area contributed by atoms with Crippen LogP contribution in [0.3, 0.4) is 0 Å². The largest absolute Gasteiger partial charge is 0.338 e. The van der Waals surface area contributed by atoms with E-state index in [9.17, 15) is 4.79 Å². The van der Waals surface area contributed by atoms with Crippen LogP contribution in [0, 0.1) is 0 Å². The number of benzene rings is 1. The van der Waals surface area contributed by atoms with Gasteiger partial charge in [-0.1, -0.05) is 36.4 Å². The van der Waals surface area contributed by atoms with Gasteiger partial charge in [-0.15, -0.1) is 0 Å². The van der Waals surface area contributed by atoms with Gasteiger partial charge >= 0.3 is 6.03 Å². The van der Waals surface area contributed by atoms with E-state index >= 15 is 0 Å². The molecule has 0 bridgehead atoms. The highest BCUT2D eigenvalue weighted by Gasteiger charge is 2.24. The first-order valence-electron chi connectivity index (χ1n) is 9.67. The Bertz CT molecular complexity index is 636. The van der Waals surface area contributed by atoms with Gasteiger partial charge in [0.2, 0.25) is 0 Å². The average molecular weight is 369 g/mol. The minimum absolute atomic E-state index is 0.0771. The second-order valence-electron chi connectivity index (χ2n) is 7.19. The smallest absolute Gasteiger partial charge is 0.317 e. The summed E-state index contributed by atoms with van der Waals surface area (Å²) in [6.07, 6.45) is 3.81. The highest BCUT2D eigenvalue weighted by Crippen LogP contribution is 2.25. The molecule has 0 saturated heterocycles. The van der Waals surface area contributed by atoms with Crippen LogP contribution in [0.2, 0.25) is 0 Å². The number of hydrogen-bond acceptors (Lipinski definition) is 3. The van der Waals surface area contributed by atoms with Gasteiger partial charge in [0.25, 0.3) is 0 Å². The van der Waals surface area contributed by atoms with Crippen LogP contribution in [-0.4, -0.2) is 54.0 Å². The molecule has 5 heteroatoms. The first-order chi connectivity index (χ1) is 13.0. The molecular formula is C22H32N4O. The van der Waals surface area contributed by atoms with Crippen molar-refractivity contribution >= 4 is 6.03 Å². The Balaban J connectivity index is 1.95. The molecule has 146 valence electrons. The van der Waals surface area contributed by atoms with E-state index in [0.29, 0.717) is 12.6 Å². The van der Waals surface area contributed by atoms with Gasteiger partial charge in [0, 0.05) is 25.8 Å². The molecule has 1 unspecified atom stereocenters. The summed E-state index contributed by atoms with van der Waals surface area (Å²) in [7, 11) is 3.96. The number of hydrogen-bond donors (Lipinski definition) is 1. The number of urea groups is 1. The normalized spacial score (nSPS) is 12.2. The number of nitrogens with zero attached hydrogens (tertiary/aromatic N) is 3. The summed E-state index contributed by atoms with van der Waals surface area (Å²) in [6, 6.07) is 16.1. The molecule has 0 spiro atoms. The molecule has 1 aromatic heterocycles. The van der Waals surface area contributed by atoms with Crippen LogP contribution in [-0.2, 0) is 0 Å². The van der Waals surface area contributed by atoms with Crippen LogP contribution in [0.5, 0.6) is 0 Å². The lowest BCUT2D eigenvalue weighted by molar-refractivity contribution is 0.197. The molecule has 27 heavy (non-hydrogen) atoms. The van der Waals surface area contributed by atoms with E-state index in [-0.39, 0.29) is 12.1 Å². The molecule has 2 amide bonds. The first kappa shape index (κ1) is 20.9. The third-order valence-corrected chi connectivity index (χ3v) is 4.89. The Kier molecular flexibility index (Phi) is 8.27. The Hall–Kier alpha value is -2.40. The molecule has 5 nitrogen and oxygen atoms in total. The molecule has 0 fully saturated rings. The number of unbranched alkanes of at least 4 members (excludes halogenated alkanes) is 1. The second kappa shape index (κ2) is 10.7. The number of aromatic nitrogens is 1. The Labute approximate surface area is 163 Å². The van der Waals surface area contributed by atoms with Crippen molar-refractivity contribution in [2.24, 2.45) is 0 Å². The van der Waals surface area contributed by atoms with Crippen LogP contribution >= 0.6 is 0 Å². The van der Waals surface area contributed by atoms with Gasteiger partial charge in [0.05, 0.1) is 5.69 Å². The molecule has 1 N–H and O–H groups in total. The molecule has 0 saturated carbocycles. The van der Waals surface area contributed by atoms with Gasteiger partial charge in [0.1, 0.15) is 6.04 Å². The molecule has 1 aromatic carbocycles. The van der Waals surface area contributed by atoms with Crippen molar-refractivity contribution < 1.29 is 4.79 Å². The van der Waals surface area contributed by atoms with Gasteiger partial charge in [-0.3, -0.25) is 4.98 Å². The highest BCUT2D eigenvalue weighted by molar-refractivity contribution is 5.74. The standard InChI is InChI=1S/C22H32N4O/c1-18(2)25(3)17-11-10-16-24-22(27)26(4)21(19-12-6-5-7-13-19)20-14-8-9-15-23-20/h5-9,12-15,18,21H,10-11,16-17H2,1-4H3,(H,24,27). The molecule has 0 radical (unpaired) electrons. The van der Waals surface area contributed by atoms with Gasteiger partial charge in [-0.25, -0.2) is 4.79 Å². The molecular weight excluding hydrogens is 336 g/mol. The third kappa shape index (κ3) is 6.36. The summed E-state index contributed by atoms with van der Waals surface area (Å²) in [6.45, 7) is 6.11. The van der Waals surface area contributed by atoms with Crippen molar-refractivity contribution in [1.29, 1.82) is 0 Å². The number of amides is 2. The Morgan fingerprint density at radius 2 is 1.74 bits per heavy atom. The molecule has 1 atom stereocenters. The zero-order valence-corrected chi connectivity index (χ0v) is 16.9. The fourth-order valence-electron chi connectivity index (χ4n) is 2.95. The quantitative estimate of drug-likeness (QED) is 0.682. The Morgan fingerprint density at radius 1 is 1.04 bits per heavy atom. The summed E-state index contributed by atoms with van der Waals surface area (Å²) >= 11 is 0. The van der Waals surface area contributed by atoms with E-state index in [1.54, 1.807) is 11.1 Å². The van der Waals surface area contributed by atoms with Crippen molar-refractivity contribution in [3.8, 4) is 0 Å². The number of rotatable bonds is 9. The predicted octanol–water partition coefficient (Wildman–Crippen LogP) is 3.93. The van der Waals surface area contributed by atoms with E-state index in [1.165, 1.54) is 0 Å². The molecule has 0 aliphatic carbocycles. The molecule has 0 aliphatic rings. The summed E-state index contributed by atoms with van der Waals surface area (Å²) in [5, 5.41) is 3.05. The van der Waals surface area contributed by atoms with Crippen molar-refractivity contribution in [1.82, 2.24) is 20.1 Å². The maximum absolute atomic E-state index is 12.7. The molecule has 2 aromatic rings. The topological polar surface area (TPSA) is 48.5 Å².